The summed E-state index contributed by atoms with van der Waals surface area (Å²) >= 11 is 5.82. The standard InChI is InChI=1S/C10H13ClN2O2/c1-13(6-10(14)15)5-7-4-8(11)2-3-9(7)12/h2-4H,5-6,12H2,1H3,(H,14,15). The summed E-state index contributed by atoms with van der Waals surface area (Å²) < 4.78 is 0. The van der Waals surface area contributed by atoms with Gasteiger partial charge in [0.25, 0.3) is 0 Å². The molecule has 4 nitrogen and oxygen atoms in total. The average Bonchev–Trinajstić information content (AvgIpc) is 2.10. The highest BCUT2D eigenvalue weighted by Crippen LogP contribution is 2.18. The number of anilines is 1. The van der Waals surface area contributed by atoms with E-state index in [-0.39, 0.29) is 6.54 Å². The Labute approximate surface area is 93.2 Å². The van der Waals surface area contributed by atoms with Crippen LogP contribution in [0.25, 0.3) is 0 Å². The van der Waals surface area contributed by atoms with Crippen LogP contribution in [0.3, 0.4) is 0 Å². The Morgan fingerprint density at radius 2 is 2.27 bits per heavy atom. The Kier molecular flexibility index (Phi) is 3.94. The minimum absolute atomic E-state index is 0.0219. The van der Waals surface area contributed by atoms with Crippen molar-refractivity contribution in [3.8, 4) is 0 Å². The molecule has 1 aromatic rings. The van der Waals surface area contributed by atoms with Crippen LogP contribution in [0.4, 0.5) is 5.69 Å². The quantitative estimate of drug-likeness (QED) is 0.766. The van der Waals surface area contributed by atoms with Crippen molar-refractivity contribution in [3.63, 3.8) is 0 Å². The molecule has 0 aliphatic heterocycles. The molecule has 5 heteroatoms. The first-order chi connectivity index (χ1) is 6.99. The summed E-state index contributed by atoms with van der Waals surface area (Å²) in [6, 6.07) is 5.17. The number of nitrogens with zero attached hydrogens (tertiary/aromatic N) is 1. The van der Waals surface area contributed by atoms with Crippen LogP contribution < -0.4 is 5.73 Å². The van der Waals surface area contributed by atoms with E-state index < -0.39 is 5.97 Å². The van der Waals surface area contributed by atoms with E-state index in [0.717, 1.165) is 5.56 Å². The van der Waals surface area contributed by atoms with Crippen LogP contribution in [0.5, 0.6) is 0 Å². The van der Waals surface area contributed by atoms with Crippen molar-refractivity contribution >= 4 is 23.3 Å². The molecule has 0 unspecified atom stereocenters. The van der Waals surface area contributed by atoms with Crippen LogP contribution in [-0.2, 0) is 11.3 Å². The van der Waals surface area contributed by atoms with Crippen LogP contribution in [0.15, 0.2) is 18.2 Å². The van der Waals surface area contributed by atoms with E-state index in [4.69, 9.17) is 22.4 Å². The zero-order valence-corrected chi connectivity index (χ0v) is 9.16. The third-order valence-electron chi connectivity index (χ3n) is 1.95. The van der Waals surface area contributed by atoms with Crippen molar-refractivity contribution < 1.29 is 9.90 Å². The number of halogens is 1. The highest BCUT2D eigenvalue weighted by Gasteiger charge is 2.07. The molecule has 0 spiro atoms. The maximum Gasteiger partial charge on any atom is 0.317 e. The predicted molar refractivity (Wildman–Crippen MR) is 59.8 cm³/mol. The maximum atomic E-state index is 10.5. The summed E-state index contributed by atoms with van der Waals surface area (Å²) in [6.07, 6.45) is 0. The van der Waals surface area contributed by atoms with E-state index >= 15 is 0 Å². The third kappa shape index (κ3) is 3.77. The lowest BCUT2D eigenvalue weighted by atomic mass is 10.1. The van der Waals surface area contributed by atoms with Gasteiger partial charge in [0, 0.05) is 17.3 Å². The molecule has 3 N–H and O–H groups in total. The smallest absolute Gasteiger partial charge is 0.317 e. The number of aliphatic carboxylic acids is 1. The predicted octanol–water partition coefficient (Wildman–Crippen LogP) is 1.44. The number of likely N-dealkylation sites (N-methyl/N-ethyl adjacent to an activating group) is 1. The number of hydrogen-bond donors (Lipinski definition) is 2. The van der Waals surface area contributed by atoms with Crippen molar-refractivity contribution in [3.05, 3.63) is 28.8 Å². The van der Waals surface area contributed by atoms with Gasteiger partial charge in [-0.1, -0.05) is 11.6 Å². The summed E-state index contributed by atoms with van der Waals surface area (Å²) in [5.41, 5.74) is 7.20. The van der Waals surface area contributed by atoms with Gasteiger partial charge in [0.15, 0.2) is 0 Å². The third-order valence-corrected chi connectivity index (χ3v) is 2.19. The van der Waals surface area contributed by atoms with Crippen molar-refractivity contribution in [1.29, 1.82) is 0 Å². The molecule has 0 fully saturated rings. The molecular formula is C10H13ClN2O2. The molecule has 1 rings (SSSR count). The van der Waals surface area contributed by atoms with Gasteiger partial charge in [-0.05, 0) is 30.8 Å². The Morgan fingerprint density at radius 1 is 1.60 bits per heavy atom. The summed E-state index contributed by atoms with van der Waals surface area (Å²) in [6.45, 7) is 0.449. The summed E-state index contributed by atoms with van der Waals surface area (Å²) in [4.78, 5) is 12.1. The monoisotopic (exact) mass is 228 g/mol. The molecular weight excluding hydrogens is 216 g/mol. The fourth-order valence-corrected chi connectivity index (χ4v) is 1.48. The molecule has 0 amide bonds. The fourth-order valence-electron chi connectivity index (χ4n) is 1.29. The fraction of sp³-hybridized carbons (Fsp3) is 0.300. The number of carboxylic acid groups (broad SMARTS) is 1. The van der Waals surface area contributed by atoms with Gasteiger partial charge < -0.3 is 10.8 Å². The van der Waals surface area contributed by atoms with Crippen molar-refractivity contribution in [2.24, 2.45) is 0 Å². The molecule has 0 aliphatic carbocycles. The SMILES string of the molecule is CN(CC(=O)O)Cc1cc(Cl)ccc1N. The molecule has 0 bridgehead atoms. The van der Waals surface area contributed by atoms with Crippen molar-refractivity contribution in [2.45, 2.75) is 6.54 Å². The Hall–Kier alpha value is -1.26. The molecule has 82 valence electrons. The number of hydrogen-bond acceptors (Lipinski definition) is 3. The van der Waals surface area contributed by atoms with E-state index in [1.165, 1.54) is 0 Å². The Morgan fingerprint density at radius 3 is 2.87 bits per heavy atom. The molecule has 0 aromatic heterocycles. The molecule has 0 atom stereocenters. The van der Waals surface area contributed by atoms with Crippen LogP contribution >= 0.6 is 11.6 Å². The van der Waals surface area contributed by atoms with Gasteiger partial charge in [0.05, 0.1) is 6.54 Å². The minimum atomic E-state index is -0.863. The summed E-state index contributed by atoms with van der Waals surface area (Å²) in [5, 5.41) is 9.19. The number of benzene rings is 1. The molecule has 15 heavy (non-hydrogen) atoms. The largest absolute Gasteiger partial charge is 0.480 e. The first kappa shape index (κ1) is 11.8. The maximum absolute atomic E-state index is 10.5. The van der Waals surface area contributed by atoms with Gasteiger partial charge in [0.1, 0.15) is 0 Å². The van der Waals surface area contributed by atoms with Crippen molar-refractivity contribution in [2.75, 3.05) is 19.3 Å². The number of carboxylic acids is 1. The normalized spacial score (nSPS) is 10.6. The first-order valence-electron chi connectivity index (χ1n) is 4.43. The van der Waals surface area contributed by atoms with Crippen LogP contribution in [-0.4, -0.2) is 29.6 Å². The minimum Gasteiger partial charge on any atom is -0.480 e. The lowest BCUT2D eigenvalue weighted by Gasteiger charge is -2.15. The van der Waals surface area contributed by atoms with Crippen LogP contribution in [0.2, 0.25) is 5.02 Å². The van der Waals surface area contributed by atoms with E-state index in [1.54, 1.807) is 30.1 Å². The van der Waals surface area contributed by atoms with Gasteiger partial charge >= 0.3 is 5.97 Å². The lowest BCUT2D eigenvalue weighted by molar-refractivity contribution is -0.138. The number of rotatable bonds is 4. The summed E-state index contributed by atoms with van der Waals surface area (Å²) in [7, 11) is 1.72. The number of nitrogen functional groups attached to an aromatic ring is 1. The van der Waals surface area contributed by atoms with E-state index in [0.29, 0.717) is 17.3 Å². The highest BCUT2D eigenvalue weighted by molar-refractivity contribution is 6.30. The second-order valence-electron chi connectivity index (χ2n) is 3.41. The van der Waals surface area contributed by atoms with Gasteiger partial charge in [-0.25, -0.2) is 0 Å². The highest BCUT2D eigenvalue weighted by atomic mass is 35.5. The average molecular weight is 229 g/mol. The number of nitrogens with two attached hydrogens (primary N) is 1. The Bertz CT molecular complexity index is 368. The molecule has 1 aromatic carbocycles. The molecule has 0 aliphatic rings. The topological polar surface area (TPSA) is 66.6 Å². The van der Waals surface area contributed by atoms with Crippen molar-refractivity contribution in [1.82, 2.24) is 4.90 Å². The second-order valence-corrected chi connectivity index (χ2v) is 3.85. The molecule has 0 radical (unpaired) electrons. The van der Waals surface area contributed by atoms with Gasteiger partial charge in [-0.2, -0.15) is 0 Å². The Balaban J connectivity index is 2.71. The van der Waals surface area contributed by atoms with E-state index in [2.05, 4.69) is 0 Å². The van der Waals surface area contributed by atoms with Gasteiger partial charge in [-0.3, -0.25) is 9.69 Å². The molecule has 0 saturated heterocycles. The zero-order chi connectivity index (χ0) is 11.4. The van der Waals surface area contributed by atoms with E-state index in [9.17, 15) is 4.79 Å². The lowest BCUT2D eigenvalue weighted by Crippen LogP contribution is -2.25. The molecule has 0 heterocycles. The zero-order valence-electron chi connectivity index (χ0n) is 8.40. The van der Waals surface area contributed by atoms with E-state index in [1.807, 2.05) is 0 Å². The van der Waals surface area contributed by atoms with Gasteiger partial charge in [-0.15, -0.1) is 0 Å². The van der Waals surface area contributed by atoms with Gasteiger partial charge in [0.2, 0.25) is 0 Å². The van der Waals surface area contributed by atoms with Crippen LogP contribution in [0, 0.1) is 0 Å². The van der Waals surface area contributed by atoms with Crippen LogP contribution in [0.1, 0.15) is 5.56 Å². The number of carbonyl (C=O) groups is 1. The second kappa shape index (κ2) is 5.00. The first-order valence-corrected chi connectivity index (χ1v) is 4.81. The molecule has 0 saturated carbocycles. The summed E-state index contributed by atoms with van der Waals surface area (Å²) in [5.74, 6) is -0.863.